The van der Waals surface area contributed by atoms with Gasteiger partial charge in [-0.3, -0.25) is 18.7 Å². The average molecular weight is 469 g/mol. The van der Waals surface area contributed by atoms with Gasteiger partial charge in [-0.25, -0.2) is 14.2 Å². The molecule has 0 aliphatic carbocycles. The second kappa shape index (κ2) is 8.53. The highest BCUT2D eigenvalue weighted by Gasteiger charge is 2.24. The minimum absolute atomic E-state index is 0.125. The number of benzene rings is 1. The standard InChI is InChI=1S/C23H21FN4O4S/c1-13-6-7-14(10-17(13)24)26-18(29)12-27-19-16-5-2-8-25-21(16)33-20(19)22(30)28(23(27)31)11-15-4-3-9-32-15/h2,5-8,10,15H,3-4,9,11-12H2,1H3,(H,26,29). The number of carbonyl (C=O) groups is 1. The molecule has 0 radical (unpaired) electrons. The van der Waals surface area contributed by atoms with Crippen molar-refractivity contribution in [2.45, 2.75) is 39.0 Å². The molecule has 1 fully saturated rings. The number of aromatic nitrogens is 3. The summed E-state index contributed by atoms with van der Waals surface area (Å²) < 4.78 is 22.3. The SMILES string of the molecule is Cc1ccc(NC(=O)Cn2c(=O)n(CC3CCCO3)c(=O)c3sc4ncccc4c32)cc1F. The van der Waals surface area contributed by atoms with Crippen molar-refractivity contribution in [1.29, 1.82) is 0 Å². The fourth-order valence-electron chi connectivity index (χ4n) is 4.10. The maximum Gasteiger partial charge on any atom is 0.332 e. The van der Waals surface area contributed by atoms with Gasteiger partial charge in [0, 0.05) is 23.9 Å². The minimum Gasteiger partial charge on any atom is -0.376 e. The summed E-state index contributed by atoms with van der Waals surface area (Å²) in [6.07, 6.45) is 3.03. The summed E-state index contributed by atoms with van der Waals surface area (Å²) in [6.45, 7) is 2.01. The molecule has 4 heterocycles. The van der Waals surface area contributed by atoms with Crippen molar-refractivity contribution in [1.82, 2.24) is 14.1 Å². The van der Waals surface area contributed by atoms with Crippen LogP contribution in [0.4, 0.5) is 10.1 Å². The summed E-state index contributed by atoms with van der Waals surface area (Å²) in [4.78, 5) is 44.5. The normalized spacial score (nSPS) is 16.0. The Morgan fingerprint density at radius 2 is 2.15 bits per heavy atom. The van der Waals surface area contributed by atoms with E-state index < -0.39 is 23.0 Å². The van der Waals surface area contributed by atoms with Gasteiger partial charge in [-0.1, -0.05) is 6.07 Å². The van der Waals surface area contributed by atoms with E-state index >= 15 is 0 Å². The number of halogens is 1. The highest BCUT2D eigenvalue weighted by atomic mass is 32.1. The first kappa shape index (κ1) is 21.5. The molecule has 1 aliphatic rings. The molecule has 0 saturated carbocycles. The molecule has 33 heavy (non-hydrogen) atoms. The predicted octanol–water partition coefficient (Wildman–Crippen LogP) is 3.04. The third-order valence-corrected chi connectivity index (χ3v) is 6.87. The summed E-state index contributed by atoms with van der Waals surface area (Å²) in [5, 5.41) is 3.26. The van der Waals surface area contributed by atoms with Crippen LogP contribution in [-0.4, -0.2) is 32.7 Å². The zero-order valence-corrected chi connectivity index (χ0v) is 18.7. The number of thiophene rings is 1. The Hall–Kier alpha value is -3.37. The maximum absolute atomic E-state index is 13.9. The molecule has 5 rings (SSSR count). The van der Waals surface area contributed by atoms with E-state index in [4.69, 9.17) is 4.74 Å². The quantitative estimate of drug-likeness (QED) is 0.486. The summed E-state index contributed by atoms with van der Waals surface area (Å²) in [5.74, 6) is -0.945. The van der Waals surface area contributed by atoms with Crippen molar-refractivity contribution in [2.75, 3.05) is 11.9 Å². The lowest BCUT2D eigenvalue weighted by atomic mass is 10.2. The number of carbonyl (C=O) groups excluding carboxylic acids is 1. The molecule has 1 atom stereocenters. The van der Waals surface area contributed by atoms with Crippen molar-refractivity contribution >= 4 is 43.4 Å². The van der Waals surface area contributed by atoms with Gasteiger partial charge in [0.25, 0.3) is 5.56 Å². The summed E-state index contributed by atoms with van der Waals surface area (Å²) in [5.41, 5.74) is 0.135. The lowest BCUT2D eigenvalue weighted by Gasteiger charge is -2.15. The van der Waals surface area contributed by atoms with E-state index in [1.54, 1.807) is 37.4 Å². The van der Waals surface area contributed by atoms with Gasteiger partial charge in [-0.15, -0.1) is 11.3 Å². The number of ether oxygens (including phenoxy) is 1. The number of amides is 1. The van der Waals surface area contributed by atoms with E-state index in [2.05, 4.69) is 10.3 Å². The van der Waals surface area contributed by atoms with Crippen LogP contribution in [0, 0.1) is 12.7 Å². The molecule has 1 amide bonds. The third-order valence-electron chi connectivity index (χ3n) is 5.78. The monoisotopic (exact) mass is 468 g/mol. The van der Waals surface area contributed by atoms with Gasteiger partial charge in [-0.05, 0) is 49.6 Å². The van der Waals surface area contributed by atoms with Gasteiger partial charge in [-0.2, -0.15) is 0 Å². The highest BCUT2D eigenvalue weighted by Crippen LogP contribution is 2.29. The van der Waals surface area contributed by atoms with E-state index in [9.17, 15) is 18.8 Å². The van der Waals surface area contributed by atoms with Crippen molar-refractivity contribution in [3.63, 3.8) is 0 Å². The first-order valence-corrected chi connectivity index (χ1v) is 11.4. The van der Waals surface area contributed by atoms with Gasteiger partial charge in [0.1, 0.15) is 21.9 Å². The van der Waals surface area contributed by atoms with Crippen LogP contribution in [0.5, 0.6) is 0 Å². The third kappa shape index (κ3) is 3.96. The predicted molar refractivity (Wildman–Crippen MR) is 124 cm³/mol. The van der Waals surface area contributed by atoms with Crippen LogP contribution >= 0.6 is 11.3 Å². The molecule has 3 aromatic heterocycles. The first-order valence-electron chi connectivity index (χ1n) is 10.6. The molecule has 170 valence electrons. The number of aryl methyl sites for hydroxylation is 1. The van der Waals surface area contributed by atoms with Crippen molar-refractivity contribution < 1.29 is 13.9 Å². The number of hydrogen-bond donors (Lipinski definition) is 1. The lowest BCUT2D eigenvalue weighted by molar-refractivity contribution is -0.116. The molecule has 1 unspecified atom stereocenters. The fourth-order valence-corrected chi connectivity index (χ4v) is 5.19. The molecule has 8 nitrogen and oxygen atoms in total. The van der Waals surface area contributed by atoms with Crippen LogP contribution in [-0.2, 0) is 22.6 Å². The van der Waals surface area contributed by atoms with Crippen LogP contribution in [0.1, 0.15) is 18.4 Å². The molecule has 4 aromatic rings. The van der Waals surface area contributed by atoms with Crippen LogP contribution in [0.2, 0.25) is 0 Å². The summed E-state index contributed by atoms with van der Waals surface area (Å²) >= 11 is 1.19. The van der Waals surface area contributed by atoms with Crippen molar-refractivity contribution in [3.05, 3.63) is 68.7 Å². The maximum atomic E-state index is 13.9. The fraction of sp³-hybridized carbons (Fsp3) is 0.304. The molecule has 1 N–H and O–H groups in total. The van der Waals surface area contributed by atoms with E-state index in [-0.39, 0.29) is 24.9 Å². The Kier molecular flexibility index (Phi) is 5.55. The molecule has 0 bridgehead atoms. The van der Waals surface area contributed by atoms with Crippen LogP contribution < -0.4 is 16.6 Å². The van der Waals surface area contributed by atoms with Gasteiger partial charge in [0.2, 0.25) is 5.91 Å². The smallest absolute Gasteiger partial charge is 0.332 e. The first-order chi connectivity index (χ1) is 15.9. The minimum atomic E-state index is -0.586. The molecule has 1 aromatic carbocycles. The van der Waals surface area contributed by atoms with Gasteiger partial charge in [0.05, 0.1) is 18.2 Å². The Morgan fingerprint density at radius 3 is 2.91 bits per heavy atom. The van der Waals surface area contributed by atoms with E-state index in [0.29, 0.717) is 32.6 Å². The molecule has 10 heteroatoms. The summed E-state index contributed by atoms with van der Waals surface area (Å²) in [6, 6.07) is 7.88. The Bertz CT molecular complexity index is 1500. The number of fused-ring (bicyclic) bond motifs is 3. The zero-order chi connectivity index (χ0) is 23.1. The van der Waals surface area contributed by atoms with Crippen LogP contribution in [0.25, 0.3) is 20.4 Å². The van der Waals surface area contributed by atoms with E-state index in [1.807, 2.05) is 0 Å². The highest BCUT2D eigenvalue weighted by molar-refractivity contribution is 7.25. The lowest BCUT2D eigenvalue weighted by Crippen LogP contribution is -2.43. The van der Waals surface area contributed by atoms with Crippen molar-refractivity contribution in [2.24, 2.45) is 0 Å². The number of anilines is 1. The van der Waals surface area contributed by atoms with Gasteiger partial charge in [0.15, 0.2) is 0 Å². The Balaban J connectivity index is 1.60. The molecule has 1 saturated heterocycles. The molecular formula is C23H21FN4O4S. The van der Waals surface area contributed by atoms with Gasteiger partial charge >= 0.3 is 5.69 Å². The van der Waals surface area contributed by atoms with Crippen LogP contribution in [0.15, 0.2) is 46.1 Å². The number of hydrogen-bond acceptors (Lipinski definition) is 6. The topological polar surface area (TPSA) is 95.2 Å². The molecular weight excluding hydrogens is 447 g/mol. The number of nitrogens with one attached hydrogen (secondary N) is 1. The molecule has 0 spiro atoms. The van der Waals surface area contributed by atoms with Crippen molar-refractivity contribution in [3.8, 4) is 0 Å². The van der Waals surface area contributed by atoms with Gasteiger partial charge < -0.3 is 10.1 Å². The molecule has 1 aliphatic heterocycles. The number of nitrogens with zero attached hydrogens (tertiary/aromatic N) is 3. The second-order valence-electron chi connectivity index (χ2n) is 8.07. The van der Waals surface area contributed by atoms with E-state index in [1.165, 1.54) is 22.0 Å². The number of pyridine rings is 1. The Labute approximate surface area is 191 Å². The van der Waals surface area contributed by atoms with E-state index in [0.717, 1.165) is 17.4 Å². The number of rotatable bonds is 5. The zero-order valence-electron chi connectivity index (χ0n) is 17.8. The summed E-state index contributed by atoms with van der Waals surface area (Å²) in [7, 11) is 0. The second-order valence-corrected chi connectivity index (χ2v) is 9.07. The Morgan fingerprint density at radius 1 is 1.30 bits per heavy atom. The van der Waals surface area contributed by atoms with Crippen LogP contribution in [0.3, 0.4) is 0 Å². The largest absolute Gasteiger partial charge is 0.376 e. The average Bonchev–Trinajstić information content (AvgIpc) is 3.45.